The van der Waals surface area contributed by atoms with Crippen molar-refractivity contribution in [3.05, 3.63) is 53.2 Å². The van der Waals surface area contributed by atoms with Crippen molar-refractivity contribution < 1.29 is 27.5 Å². The van der Waals surface area contributed by atoms with Crippen LogP contribution in [0.5, 0.6) is 0 Å². The molecule has 3 amide bonds. The summed E-state index contributed by atoms with van der Waals surface area (Å²) in [4.78, 5) is 46.6. The van der Waals surface area contributed by atoms with Gasteiger partial charge in [0.2, 0.25) is 10.0 Å². The van der Waals surface area contributed by atoms with Gasteiger partial charge in [0.25, 0.3) is 17.7 Å². The number of carbonyl (C=O) groups is 3. The van der Waals surface area contributed by atoms with Crippen molar-refractivity contribution in [3.8, 4) is 0 Å². The van der Waals surface area contributed by atoms with Crippen molar-refractivity contribution >= 4 is 33.6 Å². The fourth-order valence-corrected chi connectivity index (χ4v) is 5.82. The van der Waals surface area contributed by atoms with Gasteiger partial charge in [0.15, 0.2) is 0 Å². The average molecular weight is 500 g/mol. The zero-order chi connectivity index (χ0) is 24.7. The minimum Gasteiger partial charge on any atom is -0.379 e. The monoisotopic (exact) mass is 499 g/mol. The third kappa shape index (κ3) is 4.17. The van der Waals surface area contributed by atoms with E-state index in [9.17, 15) is 22.8 Å². The fourth-order valence-electron chi connectivity index (χ4n) is 4.46. The molecule has 5 rings (SSSR count). The molecule has 0 aliphatic carbocycles. The maximum absolute atomic E-state index is 13.0. The van der Waals surface area contributed by atoms with Gasteiger partial charge in [-0.3, -0.25) is 19.3 Å². The van der Waals surface area contributed by atoms with Crippen LogP contribution in [0.25, 0.3) is 0 Å². The Balaban J connectivity index is 1.23. The van der Waals surface area contributed by atoms with E-state index in [-0.39, 0.29) is 22.3 Å². The van der Waals surface area contributed by atoms with Gasteiger partial charge in [0, 0.05) is 58.1 Å². The van der Waals surface area contributed by atoms with E-state index in [0.717, 1.165) is 4.90 Å². The maximum Gasteiger partial charge on any atom is 0.261 e. The summed E-state index contributed by atoms with van der Waals surface area (Å²) in [6.07, 6.45) is 1.37. The van der Waals surface area contributed by atoms with E-state index < -0.39 is 15.9 Å². The normalized spacial score (nSPS) is 19.3. The number of benzene rings is 1. The quantitative estimate of drug-likeness (QED) is 0.551. The van der Waals surface area contributed by atoms with Crippen LogP contribution < -0.4 is 4.90 Å². The number of amides is 3. The number of fused-ring (bicyclic) bond motifs is 1. The molecule has 12 heteroatoms. The van der Waals surface area contributed by atoms with Crippen molar-refractivity contribution in [2.24, 2.45) is 0 Å². The first kappa shape index (κ1) is 23.4. The van der Waals surface area contributed by atoms with Crippen molar-refractivity contribution in [1.29, 1.82) is 0 Å². The number of pyridine rings is 1. The highest BCUT2D eigenvalue weighted by molar-refractivity contribution is 7.89. The summed E-state index contributed by atoms with van der Waals surface area (Å²) in [6, 6.07) is 7.84. The molecule has 0 atom stereocenters. The van der Waals surface area contributed by atoms with Gasteiger partial charge in [-0.1, -0.05) is 0 Å². The summed E-state index contributed by atoms with van der Waals surface area (Å²) in [5.74, 6) is -0.339. The number of anilines is 1. The first-order valence-electron chi connectivity index (χ1n) is 11.3. The Morgan fingerprint density at radius 2 is 1.60 bits per heavy atom. The summed E-state index contributed by atoms with van der Waals surface area (Å²) in [6.45, 7) is 3.35. The maximum atomic E-state index is 13.0. The molecule has 0 radical (unpaired) electrons. The third-order valence-electron chi connectivity index (χ3n) is 6.56. The molecule has 184 valence electrons. The van der Waals surface area contributed by atoms with E-state index in [1.54, 1.807) is 23.1 Å². The Kier molecular flexibility index (Phi) is 6.03. The first-order chi connectivity index (χ1) is 16.8. The van der Waals surface area contributed by atoms with Crippen LogP contribution in [-0.4, -0.2) is 105 Å². The summed E-state index contributed by atoms with van der Waals surface area (Å²) in [7, 11) is -2.18. The van der Waals surface area contributed by atoms with Crippen LogP contribution in [0.1, 0.15) is 31.1 Å². The number of rotatable bonds is 4. The molecule has 1 aromatic carbocycles. The van der Waals surface area contributed by atoms with Crippen LogP contribution in [-0.2, 0) is 14.8 Å². The molecule has 11 nitrogen and oxygen atoms in total. The first-order valence-corrected chi connectivity index (χ1v) is 12.8. The molecule has 2 fully saturated rings. The van der Waals surface area contributed by atoms with Crippen LogP contribution >= 0.6 is 0 Å². The number of imide groups is 1. The fraction of sp³-hybridized carbons (Fsp3) is 0.391. The second-order valence-corrected chi connectivity index (χ2v) is 10.5. The number of nitrogens with zero attached hydrogens (tertiary/aromatic N) is 5. The van der Waals surface area contributed by atoms with Gasteiger partial charge in [-0.15, -0.1) is 0 Å². The van der Waals surface area contributed by atoms with E-state index in [0.29, 0.717) is 69.4 Å². The number of hydrogen-bond acceptors (Lipinski definition) is 8. The highest BCUT2D eigenvalue weighted by atomic mass is 32.2. The largest absolute Gasteiger partial charge is 0.379 e. The molecule has 2 saturated heterocycles. The Morgan fingerprint density at radius 3 is 2.26 bits per heavy atom. The molecular formula is C23H25N5O6S. The van der Waals surface area contributed by atoms with Crippen LogP contribution in [0.4, 0.5) is 5.82 Å². The van der Waals surface area contributed by atoms with E-state index >= 15 is 0 Å². The molecular weight excluding hydrogens is 474 g/mol. The number of morpholine rings is 1. The molecule has 1 aromatic heterocycles. The Morgan fingerprint density at radius 1 is 0.914 bits per heavy atom. The van der Waals surface area contributed by atoms with E-state index in [1.807, 2.05) is 4.90 Å². The minimum atomic E-state index is -3.60. The number of aromatic nitrogens is 1. The van der Waals surface area contributed by atoms with Gasteiger partial charge < -0.3 is 14.5 Å². The molecule has 0 bridgehead atoms. The van der Waals surface area contributed by atoms with Crippen molar-refractivity contribution in [1.82, 2.24) is 19.1 Å². The Labute approximate surface area is 202 Å². The van der Waals surface area contributed by atoms with Gasteiger partial charge >= 0.3 is 0 Å². The van der Waals surface area contributed by atoms with Crippen LogP contribution in [0.2, 0.25) is 0 Å². The highest BCUT2D eigenvalue weighted by Gasteiger charge is 2.34. The number of hydrogen-bond donors (Lipinski definition) is 0. The number of sulfonamides is 1. The van der Waals surface area contributed by atoms with Gasteiger partial charge in [-0.05, 0) is 30.3 Å². The van der Waals surface area contributed by atoms with Crippen molar-refractivity contribution in [2.45, 2.75) is 4.90 Å². The van der Waals surface area contributed by atoms with Crippen molar-refractivity contribution in [3.63, 3.8) is 0 Å². The van der Waals surface area contributed by atoms with E-state index in [2.05, 4.69) is 4.98 Å². The molecule has 3 aliphatic heterocycles. The topological polar surface area (TPSA) is 120 Å². The molecule has 4 heterocycles. The summed E-state index contributed by atoms with van der Waals surface area (Å²) >= 11 is 0. The Bertz CT molecular complexity index is 1280. The van der Waals surface area contributed by atoms with Crippen LogP contribution in [0.3, 0.4) is 0 Å². The zero-order valence-electron chi connectivity index (χ0n) is 19.2. The molecule has 2 aromatic rings. The molecule has 0 unspecified atom stereocenters. The second kappa shape index (κ2) is 9.02. The lowest BCUT2D eigenvalue weighted by Gasteiger charge is -2.35. The Hall–Kier alpha value is -3.35. The number of piperazine rings is 1. The van der Waals surface area contributed by atoms with Crippen LogP contribution in [0, 0.1) is 0 Å². The second-order valence-electron chi connectivity index (χ2n) is 8.58. The minimum absolute atomic E-state index is 0.146. The molecule has 3 aliphatic rings. The molecule has 0 saturated carbocycles. The SMILES string of the molecule is CN1C(=O)c2ccc(C(=O)N3CCN(c4ccc(S(=O)(=O)N5CCOCC5)cn4)CC3)cc2C1=O. The predicted octanol–water partition coefficient (Wildman–Crippen LogP) is 0.291. The lowest BCUT2D eigenvalue weighted by molar-refractivity contribution is 0.0692. The smallest absolute Gasteiger partial charge is 0.261 e. The van der Waals surface area contributed by atoms with Gasteiger partial charge in [0.1, 0.15) is 10.7 Å². The zero-order valence-corrected chi connectivity index (χ0v) is 20.0. The molecule has 0 N–H and O–H groups in total. The number of ether oxygens (including phenoxy) is 1. The summed E-state index contributed by atoms with van der Waals surface area (Å²) in [5.41, 5.74) is 0.923. The van der Waals surface area contributed by atoms with E-state index in [1.165, 1.54) is 29.7 Å². The van der Waals surface area contributed by atoms with Gasteiger partial charge in [0.05, 0.1) is 24.3 Å². The van der Waals surface area contributed by atoms with Crippen LogP contribution in [0.15, 0.2) is 41.4 Å². The molecule has 35 heavy (non-hydrogen) atoms. The lowest BCUT2D eigenvalue weighted by atomic mass is 10.0. The van der Waals surface area contributed by atoms with Gasteiger partial charge in [-0.2, -0.15) is 4.31 Å². The summed E-state index contributed by atoms with van der Waals surface area (Å²) < 4.78 is 32.2. The molecule has 0 spiro atoms. The standard InChI is InChI=1S/C23H25N5O6S/c1-25-22(30)18-4-2-16(14-19(18)23(25)31)21(29)27-8-6-26(7-9-27)20-5-3-17(15-24-20)35(32,33)28-10-12-34-13-11-28/h2-5,14-15H,6-13H2,1H3. The average Bonchev–Trinajstić information content (AvgIpc) is 3.12. The van der Waals surface area contributed by atoms with Crippen molar-refractivity contribution in [2.75, 3.05) is 64.4 Å². The van der Waals surface area contributed by atoms with E-state index in [4.69, 9.17) is 4.74 Å². The highest BCUT2D eigenvalue weighted by Crippen LogP contribution is 2.24. The van der Waals surface area contributed by atoms with Gasteiger partial charge in [-0.25, -0.2) is 13.4 Å². The lowest BCUT2D eigenvalue weighted by Crippen LogP contribution is -2.49. The number of carbonyl (C=O) groups excluding carboxylic acids is 3. The third-order valence-corrected chi connectivity index (χ3v) is 8.44. The predicted molar refractivity (Wildman–Crippen MR) is 125 cm³/mol. The summed E-state index contributed by atoms with van der Waals surface area (Å²) in [5, 5.41) is 0.